The van der Waals surface area contributed by atoms with Gasteiger partial charge in [0.15, 0.2) is 0 Å². The minimum Gasteiger partial charge on any atom is -0.481 e. The van der Waals surface area contributed by atoms with Crippen molar-refractivity contribution < 1.29 is 9.90 Å². The van der Waals surface area contributed by atoms with Crippen molar-refractivity contribution in [3.05, 3.63) is 53.6 Å². The molecule has 1 aromatic heterocycles. The average Bonchev–Trinajstić information content (AvgIpc) is 2.80. The van der Waals surface area contributed by atoms with Gasteiger partial charge in [0.05, 0.1) is 5.92 Å². The highest BCUT2D eigenvalue weighted by molar-refractivity contribution is 5.70. The van der Waals surface area contributed by atoms with Gasteiger partial charge >= 0.3 is 5.97 Å². The minimum absolute atomic E-state index is 0.367. The van der Waals surface area contributed by atoms with Gasteiger partial charge in [0.2, 0.25) is 0 Å². The molecule has 20 heavy (non-hydrogen) atoms. The van der Waals surface area contributed by atoms with E-state index in [1.807, 2.05) is 42.9 Å². The van der Waals surface area contributed by atoms with E-state index in [0.717, 1.165) is 17.0 Å². The van der Waals surface area contributed by atoms with Gasteiger partial charge in [-0.15, -0.1) is 0 Å². The molecule has 0 saturated carbocycles. The average molecular weight is 272 g/mol. The molecule has 2 rings (SSSR count). The molecule has 1 atom stereocenters. The summed E-state index contributed by atoms with van der Waals surface area (Å²) in [6.45, 7) is 2.02. The van der Waals surface area contributed by atoms with E-state index < -0.39 is 5.97 Å². The predicted octanol–water partition coefficient (Wildman–Crippen LogP) is 2.60. The minimum atomic E-state index is -0.735. The molecule has 0 spiro atoms. The number of carbonyl (C=O) groups is 1. The van der Waals surface area contributed by atoms with Crippen LogP contribution in [-0.2, 0) is 24.7 Å². The number of benzene rings is 1. The molecule has 0 bridgehead atoms. The highest BCUT2D eigenvalue weighted by Crippen LogP contribution is 2.16. The smallest absolute Gasteiger partial charge is 0.306 e. The third kappa shape index (κ3) is 3.70. The van der Waals surface area contributed by atoms with Gasteiger partial charge in [0, 0.05) is 25.9 Å². The van der Waals surface area contributed by atoms with E-state index in [1.54, 1.807) is 6.20 Å². The maximum Gasteiger partial charge on any atom is 0.306 e. The molecule has 0 saturated heterocycles. The first-order valence-corrected chi connectivity index (χ1v) is 6.81. The second-order valence-electron chi connectivity index (χ2n) is 5.22. The van der Waals surface area contributed by atoms with Gasteiger partial charge in [0.25, 0.3) is 0 Å². The Morgan fingerprint density at radius 1 is 1.45 bits per heavy atom. The summed E-state index contributed by atoms with van der Waals surface area (Å²) in [5.74, 6) is -0.172. The lowest BCUT2D eigenvalue weighted by Gasteiger charge is -2.12. The van der Waals surface area contributed by atoms with E-state index in [-0.39, 0.29) is 5.92 Å². The summed E-state index contributed by atoms with van der Waals surface area (Å²) in [7, 11) is 1.93. The molecule has 1 N–H and O–H groups in total. The number of aliphatic carboxylic acids is 1. The van der Waals surface area contributed by atoms with Gasteiger partial charge in [-0.25, -0.2) is 4.98 Å². The fourth-order valence-corrected chi connectivity index (χ4v) is 2.38. The molecule has 4 nitrogen and oxygen atoms in total. The maximum atomic E-state index is 11.4. The number of carboxylic acid groups (broad SMARTS) is 1. The number of rotatable bonds is 6. The number of imidazole rings is 1. The quantitative estimate of drug-likeness (QED) is 0.879. The standard InChI is InChI=1S/C16H20N2O2/c1-12-4-3-5-13(10-12)11-14(16(19)20)6-7-15-17-8-9-18(15)2/h3-5,8-10,14H,6-7,11H2,1-2H3,(H,19,20). The number of aromatic nitrogens is 2. The maximum absolute atomic E-state index is 11.4. The Hall–Kier alpha value is -2.10. The molecule has 106 valence electrons. The van der Waals surface area contributed by atoms with Crippen molar-refractivity contribution in [1.29, 1.82) is 0 Å². The van der Waals surface area contributed by atoms with Gasteiger partial charge in [-0.3, -0.25) is 4.79 Å². The summed E-state index contributed by atoms with van der Waals surface area (Å²) in [5.41, 5.74) is 2.24. The van der Waals surface area contributed by atoms with Crippen LogP contribution in [0, 0.1) is 12.8 Å². The molecule has 4 heteroatoms. The Morgan fingerprint density at radius 2 is 2.25 bits per heavy atom. The van der Waals surface area contributed by atoms with Crippen LogP contribution in [-0.4, -0.2) is 20.6 Å². The van der Waals surface area contributed by atoms with Gasteiger partial charge in [-0.2, -0.15) is 0 Å². The molecule has 1 heterocycles. The molecule has 0 amide bonds. The van der Waals surface area contributed by atoms with Crippen LogP contribution in [0.4, 0.5) is 0 Å². The van der Waals surface area contributed by atoms with Gasteiger partial charge < -0.3 is 9.67 Å². The van der Waals surface area contributed by atoms with Crippen LogP contribution >= 0.6 is 0 Å². The normalized spacial score (nSPS) is 12.3. The number of hydrogen-bond donors (Lipinski definition) is 1. The van der Waals surface area contributed by atoms with Gasteiger partial charge in [0.1, 0.15) is 5.82 Å². The highest BCUT2D eigenvalue weighted by atomic mass is 16.4. The summed E-state index contributed by atoms with van der Waals surface area (Å²) >= 11 is 0. The van der Waals surface area contributed by atoms with E-state index in [9.17, 15) is 9.90 Å². The number of aryl methyl sites for hydroxylation is 3. The molecule has 0 fully saturated rings. The molecule has 0 aliphatic heterocycles. The second-order valence-corrected chi connectivity index (χ2v) is 5.22. The lowest BCUT2D eigenvalue weighted by atomic mass is 9.94. The Morgan fingerprint density at radius 3 is 2.85 bits per heavy atom. The molecule has 2 aromatic rings. The first kappa shape index (κ1) is 14.3. The Bertz CT molecular complexity index is 590. The molecule has 1 unspecified atom stereocenters. The van der Waals surface area contributed by atoms with Crippen molar-refractivity contribution in [2.24, 2.45) is 13.0 Å². The largest absolute Gasteiger partial charge is 0.481 e. The first-order chi connectivity index (χ1) is 9.56. The molecule has 0 aliphatic carbocycles. The third-order valence-electron chi connectivity index (χ3n) is 3.55. The van der Waals surface area contributed by atoms with E-state index in [2.05, 4.69) is 11.1 Å². The van der Waals surface area contributed by atoms with Crippen LogP contribution in [0.3, 0.4) is 0 Å². The summed E-state index contributed by atoms with van der Waals surface area (Å²) in [6.07, 6.45) is 5.49. The summed E-state index contributed by atoms with van der Waals surface area (Å²) < 4.78 is 1.94. The molecular formula is C16H20N2O2. The van der Waals surface area contributed by atoms with Crippen molar-refractivity contribution in [2.75, 3.05) is 0 Å². The first-order valence-electron chi connectivity index (χ1n) is 6.81. The second kappa shape index (κ2) is 6.37. The van der Waals surface area contributed by atoms with Gasteiger partial charge in [-0.1, -0.05) is 29.8 Å². The molecule has 0 radical (unpaired) electrons. The molecule has 1 aromatic carbocycles. The fraction of sp³-hybridized carbons (Fsp3) is 0.375. The topological polar surface area (TPSA) is 55.1 Å². The van der Waals surface area contributed by atoms with Crippen molar-refractivity contribution in [3.8, 4) is 0 Å². The van der Waals surface area contributed by atoms with Crippen LogP contribution < -0.4 is 0 Å². The Balaban J connectivity index is 2.01. The van der Waals surface area contributed by atoms with E-state index in [1.165, 1.54) is 0 Å². The number of carboxylic acids is 1. The van der Waals surface area contributed by atoms with Crippen molar-refractivity contribution in [2.45, 2.75) is 26.2 Å². The van der Waals surface area contributed by atoms with E-state index in [0.29, 0.717) is 19.3 Å². The van der Waals surface area contributed by atoms with E-state index >= 15 is 0 Å². The third-order valence-corrected chi connectivity index (χ3v) is 3.55. The zero-order chi connectivity index (χ0) is 14.5. The van der Waals surface area contributed by atoms with Crippen molar-refractivity contribution >= 4 is 5.97 Å². The van der Waals surface area contributed by atoms with Crippen LogP contribution in [0.1, 0.15) is 23.4 Å². The summed E-state index contributed by atoms with van der Waals surface area (Å²) in [5, 5.41) is 9.37. The van der Waals surface area contributed by atoms with E-state index in [4.69, 9.17) is 0 Å². The monoisotopic (exact) mass is 272 g/mol. The van der Waals surface area contributed by atoms with Crippen LogP contribution in [0.25, 0.3) is 0 Å². The van der Waals surface area contributed by atoms with Crippen LogP contribution in [0.5, 0.6) is 0 Å². The number of hydrogen-bond acceptors (Lipinski definition) is 2. The number of nitrogens with zero attached hydrogens (tertiary/aromatic N) is 2. The lowest BCUT2D eigenvalue weighted by molar-refractivity contribution is -0.141. The zero-order valence-electron chi connectivity index (χ0n) is 11.9. The van der Waals surface area contributed by atoms with Crippen molar-refractivity contribution in [1.82, 2.24) is 9.55 Å². The van der Waals surface area contributed by atoms with Crippen molar-refractivity contribution in [3.63, 3.8) is 0 Å². The highest BCUT2D eigenvalue weighted by Gasteiger charge is 2.18. The molecule has 0 aliphatic rings. The fourth-order valence-electron chi connectivity index (χ4n) is 2.38. The van der Waals surface area contributed by atoms with Crippen LogP contribution in [0.2, 0.25) is 0 Å². The predicted molar refractivity (Wildman–Crippen MR) is 77.5 cm³/mol. The summed E-state index contributed by atoms with van der Waals surface area (Å²) in [6, 6.07) is 8.04. The summed E-state index contributed by atoms with van der Waals surface area (Å²) in [4.78, 5) is 15.6. The SMILES string of the molecule is Cc1cccc(CC(CCc2nccn2C)C(=O)O)c1. The lowest BCUT2D eigenvalue weighted by Crippen LogP contribution is -2.18. The molecular weight excluding hydrogens is 252 g/mol. The van der Waals surface area contributed by atoms with Gasteiger partial charge in [-0.05, 0) is 25.3 Å². The zero-order valence-corrected chi connectivity index (χ0v) is 11.9. The Kier molecular flexibility index (Phi) is 4.56. The van der Waals surface area contributed by atoms with Crippen LogP contribution in [0.15, 0.2) is 36.7 Å². The Labute approximate surface area is 119 Å².